The monoisotopic (exact) mass is 372 g/mol. The van der Waals surface area contributed by atoms with Gasteiger partial charge in [-0.05, 0) is 48.9 Å². The maximum absolute atomic E-state index is 12.5. The van der Waals surface area contributed by atoms with Gasteiger partial charge in [0.1, 0.15) is 11.6 Å². The van der Waals surface area contributed by atoms with Crippen LogP contribution in [0.1, 0.15) is 11.3 Å². The van der Waals surface area contributed by atoms with Gasteiger partial charge in [0.25, 0.3) is 11.6 Å². The van der Waals surface area contributed by atoms with Crippen LogP contribution in [0.4, 0.5) is 11.4 Å². The molecule has 1 heterocycles. The molecule has 0 fully saturated rings. The van der Waals surface area contributed by atoms with Crippen molar-refractivity contribution < 1.29 is 9.72 Å². The van der Waals surface area contributed by atoms with Crippen molar-refractivity contribution in [3.05, 3.63) is 93.8 Å². The molecule has 7 heteroatoms. The fourth-order valence-electron chi connectivity index (χ4n) is 2.68. The highest BCUT2D eigenvalue weighted by Gasteiger charge is 2.13. The number of nitrogens with zero attached hydrogens (tertiary/aromatic N) is 3. The molecule has 0 aliphatic carbocycles. The molecule has 138 valence electrons. The number of nitro benzene ring substituents is 1. The van der Waals surface area contributed by atoms with E-state index in [1.807, 2.05) is 25.1 Å². The zero-order valence-corrected chi connectivity index (χ0v) is 15.0. The Labute approximate surface area is 161 Å². The number of para-hydroxylation sites is 1. The summed E-state index contributed by atoms with van der Waals surface area (Å²) in [6.07, 6.45) is 3.23. The Hall–Kier alpha value is -4.18. The van der Waals surface area contributed by atoms with E-state index in [9.17, 15) is 20.2 Å². The van der Waals surface area contributed by atoms with E-state index in [-0.39, 0.29) is 11.3 Å². The summed E-state index contributed by atoms with van der Waals surface area (Å²) in [7, 11) is 0. The van der Waals surface area contributed by atoms with Crippen molar-refractivity contribution in [3.8, 4) is 11.8 Å². The zero-order chi connectivity index (χ0) is 20.1. The first-order valence-electron chi connectivity index (χ1n) is 8.40. The topological polar surface area (TPSA) is 101 Å². The summed E-state index contributed by atoms with van der Waals surface area (Å²) >= 11 is 0. The van der Waals surface area contributed by atoms with Gasteiger partial charge in [0.2, 0.25) is 0 Å². The zero-order valence-electron chi connectivity index (χ0n) is 15.0. The first kappa shape index (κ1) is 18.6. The molecule has 0 atom stereocenters. The molecule has 28 heavy (non-hydrogen) atoms. The van der Waals surface area contributed by atoms with Crippen LogP contribution in [-0.4, -0.2) is 15.4 Å². The SMILES string of the molecule is Cc1ccccc1NC(=O)/C(C#N)=C\c1cccn1-c1ccc([N+](=O)[O-])cc1. The number of nitriles is 1. The third-order valence-corrected chi connectivity index (χ3v) is 4.17. The highest BCUT2D eigenvalue weighted by atomic mass is 16.6. The van der Waals surface area contributed by atoms with Crippen molar-refractivity contribution in [2.45, 2.75) is 6.92 Å². The Bertz CT molecular complexity index is 1110. The van der Waals surface area contributed by atoms with Gasteiger partial charge < -0.3 is 9.88 Å². The number of non-ortho nitro benzene ring substituents is 1. The predicted octanol–water partition coefficient (Wildman–Crippen LogP) is 4.24. The minimum Gasteiger partial charge on any atom is -0.321 e. The van der Waals surface area contributed by atoms with Gasteiger partial charge in [-0.3, -0.25) is 14.9 Å². The Morgan fingerprint density at radius 1 is 1.14 bits per heavy atom. The van der Waals surface area contributed by atoms with E-state index in [0.29, 0.717) is 17.1 Å². The second kappa shape index (κ2) is 8.01. The summed E-state index contributed by atoms with van der Waals surface area (Å²) in [5, 5.41) is 23.0. The lowest BCUT2D eigenvalue weighted by Crippen LogP contribution is -2.14. The number of rotatable bonds is 5. The van der Waals surface area contributed by atoms with E-state index in [4.69, 9.17) is 0 Å². The minimum absolute atomic E-state index is 0.0108. The number of aromatic nitrogens is 1. The van der Waals surface area contributed by atoms with Gasteiger partial charge in [0.05, 0.1) is 4.92 Å². The van der Waals surface area contributed by atoms with Gasteiger partial charge >= 0.3 is 0 Å². The van der Waals surface area contributed by atoms with Crippen molar-refractivity contribution in [2.24, 2.45) is 0 Å². The van der Waals surface area contributed by atoms with Crippen molar-refractivity contribution in [3.63, 3.8) is 0 Å². The molecule has 0 aliphatic heterocycles. The van der Waals surface area contributed by atoms with Crippen LogP contribution >= 0.6 is 0 Å². The lowest BCUT2D eigenvalue weighted by atomic mass is 10.1. The van der Waals surface area contributed by atoms with Crippen LogP contribution in [0.15, 0.2) is 72.4 Å². The molecule has 0 radical (unpaired) electrons. The number of nitro groups is 1. The largest absolute Gasteiger partial charge is 0.321 e. The van der Waals surface area contributed by atoms with Crippen LogP contribution in [0.25, 0.3) is 11.8 Å². The highest BCUT2D eigenvalue weighted by molar-refractivity contribution is 6.09. The Balaban J connectivity index is 1.89. The normalized spacial score (nSPS) is 10.9. The third-order valence-electron chi connectivity index (χ3n) is 4.17. The van der Waals surface area contributed by atoms with E-state index in [0.717, 1.165) is 5.56 Å². The van der Waals surface area contributed by atoms with Gasteiger partial charge in [0.15, 0.2) is 0 Å². The summed E-state index contributed by atoms with van der Waals surface area (Å²) in [6, 6.07) is 18.8. The second-order valence-electron chi connectivity index (χ2n) is 6.02. The lowest BCUT2D eigenvalue weighted by molar-refractivity contribution is -0.384. The van der Waals surface area contributed by atoms with Gasteiger partial charge in [-0.25, -0.2) is 0 Å². The molecule has 1 amide bonds. The summed E-state index contributed by atoms with van der Waals surface area (Å²) in [5.41, 5.74) is 2.75. The van der Waals surface area contributed by atoms with Crippen molar-refractivity contribution >= 4 is 23.4 Å². The number of carbonyl (C=O) groups excluding carboxylic acids is 1. The fourth-order valence-corrected chi connectivity index (χ4v) is 2.68. The summed E-state index contributed by atoms with van der Waals surface area (Å²) in [6.45, 7) is 1.87. The molecular weight excluding hydrogens is 356 g/mol. The van der Waals surface area contributed by atoms with Gasteiger partial charge in [0, 0.05) is 35.4 Å². The number of hydrogen-bond donors (Lipinski definition) is 1. The molecule has 0 saturated heterocycles. The fraction of sp³-hybridized carbons (Fsp3) is 0.0476. The van der Waals surface area contributed by atoms with Gasteiger partial charge in [-0.2, -0.15) is 5.26 Å². The number of hydrogen-bond acceptors (Lipinski definition) is 4. The molecular formula is C21H16N4O3. The minimum atomic E-state index is -0.506. The standard InChI is InChI=1S/C21H16N4O3/c1-15-5-2-3-7-20(15)23-21(26)16(14-22)13-19-6-4-12-24(19)17-8-10-18(11-9-17)25(27)28/h2-13H,1H3,(H,23,26)/b16-13-. The Kier molecular flexibility index (Phi) is 5.33. The lowest BCUT2D eigenvalue weighted by Gasteiger charge is -2.09. The maximum Gasteiger partial charge on any atom is 0.269 e. The van der Waals surface area contributed by atoms with Crippen LogP contribution < -0.4 is 5.32 Å². The maximum atomic E-state index is 12.5. The first-order chi connectivity index (χ1) is 13.5. The van der Waals surface area contributed by atoms with Crippen LogP contribution in [-0.2, 0) is 4.79 Å². The summed E-state index contributed by atoms with van der Waals surface area (Å²) in [5.74, 6) is -0.506. The molecule has 0 spiro atoms. The quantitative estimate of drug-likeness (QED) is 0.313. The molecule has 0 saturated carbocycles. The van der Waals surface area contributed by atoms with Crippen molar-refractivity contribution in [1.82, 2.24) is 4.57 Å². The van der Waals surface area contributed by atoms with E-state index in [1.54, 1.807) is 47.2 Å². The van der Waals surface area contributed by atoms with Crippen LogP contribution in [0.5, 0.6) is 0 Å². The smallest absolute Gasteiger partial charge is 0.269 e. The average Bonchev–Trinajstić information content (AvgIpc) is 3.16. The van der Waals surface area contributed by atoms with Crippen LogP contribution in [0.2, 0.25) is 0 Å². The average molecular weight is 372 g/mol. The van der Waals surface area contributed by atoms with Gasteiger partial charge in [-0.1, -0.05) is 18.2 Å². The molecule has 7 nitrogen and oxygen atoms in total. The second-order valence-corrected chi connectivity index (χ2v) is 6.02. The molecule has 0 bridgehead atoms. The number of nitrogens with one attached hydrogen (secondary N) is 1. The number of carbonyl (C=O) groups is 1. The number of anilines is 1. The highest BCUT2D eigenvalue weighted by Crippen LogP contribution is 2.20. The van der Waals surface area contributed by atoms with Gasteiger partial charge in [-0.15, -0.1) is 0 Å². The molecule has 3 aromatic rings. The van der Waals surface area contributed by atoms with Crippen molar-refractivity contribution in [2.75, 3.05) is 5.32 Å². The molecule has 0 aliphatic rings. The van der Waals surface area contributed by atoms with E-state index in [1.165, 1.54) is 18.2 Å². The number of benzene rings is 2. The van der Waals surface area contributed by atoms with Crippen molar-refractivity contribution in [1.29, 1.82) is 5.26 Å². The van der Waals surface area contributed by atoms with E-state index >= 15 is 0 Å². The molecule has 0 unspecified atom stereocenters. The Morgan fingerprint density at radius 2 is 1.86 bits per heavy atom. The summed E-state index contributed by atoms with van der Waals surface area (Å²) in [4.78, 5) is 22.8. The molecule has 2 aromatic carbocycles. The first-order valence-corrected chi connectivity index (χ1v) is 8.40. The van der Waals surface area contributed by atoms with E-state index in [2.05, 4.69) is 5.32 Å². The molecule has 1 N–H and O–H groups in total. The number of aryl methyl sites for hydroxylation is 1. The third kappa shape index (κ3) is 3.97. The number of amides is 1. The Morgan fingerprint density at radius 3 is 2.50 bits per heavy atom. The van der Waals surface area contributed by atoms with E-state index < -0.39 is 10.8 Å². The molecule has 3 rings (SSSR count). The van der Waals surface area contributed by atoms with Crippen LogP contribution in [0, 0.1) is 28.4 Å². The predicted molar refractivity (Wildman–Crippen MR) is 106 cm³/mol. The van der Waals surface area contributed by atoms with Crippen LogP contribution in [0.3, 0.4) is 0 Å². The molecule has 1 aromatic heterocycles. The summed E-state index contributed by atoms with van der Waals surface area (Å²) < 4.78 is 1.74.